The summed E-state index contributed by atoms with van der Waals surface area (Å²) in [7, 11) is 1.86. The molecule has 0 saturated carbocycles. The van der Waals surface area contributed by atoms with E-state index in [0.29, 0.717) is 24.5 Å². The number of halogens is 1. The third-order valence-corrected chi connectivity index (χ3v) is 6.39. The Morgan fingerprint density at radius 3 is 2.80 bits per heavy atom. The van der Waals surface area contributed by atoms with Crippen LogP contribution in [-0.4, -0.2) is 59.7 Å². The molecule has 2 aromatic rings. The summed E-state index contributed by atoms with van der Waals surface area (Å²) in [5.74, 6) is 0.744. The van der Waals surface area contributed by atoms with Crippen LogP contribution in [0.25, 0.3) is 0 Å². The summed E-state index contributed by atoms with van der Waals surface area (Å²) in [5, 5.41) is 10.6. The SMILES string of the molecule is CN(C(=O)[C@@H]1CCCc2cc(Cl)ccc2O1)C(CN1CC[C@H](O)C1)c1ccccc1. The van der Waals surface area contributed by atoms with Crippen LogP contribution >= 0.6 is 11.6 Å². The molecule has 0 aliphatic carbocycles. The maximum absolute atomic E-state index is 13.5. The van der Waals surface area contributed by atoms with E-state index >= 15 is 0 Å². The minimum Gasteiger partial charge on any atom is -0.480 e. The number of likely N-dealkylation sites (N-methyl/N-ethyl adjacent to an activating group) is 1. The minimum absolute atomic E-state index is 0.00796. The van der Waals surface area contributed by atoms with Gasteiger partial charge in [0.2, 0.25) is 0 Å². The Morgan fingerprint density at radius 2 is 2.07 bits per heavy atom. The summed E-state index contributed by atoms with van der Waals surface area (Å²) in [6.45, 7) is 2.20. The third kappa shape index (κ3) is 4.80. The Morgan fingerprint density at radius 1 is 1.27 bits per heavy atom. The number of hydrogen-bond acceptors (Lipinski definition) is 4. The molecule has 4 rings (SSSR count). The lowest BCUT2D eigenvalue weighted by Gasteiger charge is -2.34. The van der Waals surface area contributed by atoms with Crippen LogP contribution < -0.4 is 4.74 Å². The van der Waals surface area contributed by atoms with Crippen molar-refractivity contribution in [1.82, 2.24) is 9.80 Å². The van der Waals surface area contributed by atoms with Gasteiger partial charge in [0.15, 0.2) is 6.10 Å². The van der Waals surface area contributed by atoms with Gasteiger partial charge < -0.3 is 14.7 Å². The second-order valence-corrected chi connectivity index (χ2v) is 8.76. The minimum atomic E-state index is -0.507. The highest BCUT2D eigenvalue weighted by Gasteiger charge is 2.33. The third-order valence-electron chi connectivity index (χ3n) is 6.16. The van der Waals surface area contributed by atoms with Crippen LogP contribution in [0, 0.1) is 0 Å². The molecule has 5 nitrogen and oxygen atoms in total. The molecule has 1 fully saturated rings. The van der Waals surface area contributed by atoms with Crippen molar-refractivity contribution in [3.05, 3.63) is 64.7 Å². The molecule has 1 saturated heterocycles. The molecule has 3 atom stereocenters. The van der Waals surface area contributed by atoms with Crippen LogP contribution in [-0.2, 0) is 11.2 Å². The number of amides is 1. The van der Waals surface area contributed by atoms with Gasteiger partial charge in [0, 0.05) is 31.7 Å². The van der Waals surface area contributed by atoms with Crippen LogP contribution in [0.5, 0.6) is 5.75 Å². The fraction of sp³-hybridized carbons (Fsp3) is 0.458. The summed E-state index contributed by atoms with van der Waals surface area (Å²) < 4.78 is 6.16. The number of β-amino-alcohol motifs (C(OH)–C–C–N with tert-alkyl or cyclic N) is 1. The molecule has 1 N–H and O–H groups in total. The second-order valence-electron chi connectivity index (χ2n) is 8.33. The number of likely N-dealkylation sites (tertiary alicyclic amines) is 1. The lowest BCUT2D eigenvalue weighted by molar-refractivity contribution is -0.140. The first-order valence-electron chi connectivity index (χ1n) is 10.7. The molecule has 1 amide bonds. The number of aliphatic hydroxyl groups excluding tert-OH is 1. The van der Waals surface area contributed by atoms with Gasteiger partial charge in [-0.15, -0.1) is 0 Å². The number of carbonyl (C=O) groups is 1. The molecular weight excluding hydrogens is 400 g/mol. The van der Waals surface area contributed by atoms with Crippen molar-refractivity contribution < 1.29 is 14.6 Å². The lowest BCUT2D eigenvalue weighted by Crippen LogP contribution is -2.45. The van der Waals surface area contributed by atoms with Crippen molar-refractivity contribution in [3.63, 3.8) is 0 Å². The summed E-state index contributed by atoms with van der Waals surface area (Å²) in [4.78, 5) is 17.5. The molecule has 2 heterocycles. The zero-order valence-electron chi connectivity index (χ0n) is 17.3. The predicted octanol–water partition coefficient (Wildman–Crippen LogP) is 3.69. The first kappa shape index (κ1) is 21.2. The van der Waals surface area contributed by atoms with Crippen molar-refractivity contribution in [3.8, 4) is 5.75 Å². The number of fused-ring (bicyclic) bond motifs is 1. The highest BCUT2D eigenvalue weighted by molar-refractivity contribution is 6.30. The Hall–Kier alpha value is -2.08. The van der Waals surface area contributed by atoms with Gasteiger partial charge in [-0.1, -0.05) is 41.9 Å². The quantitative estimate of drug-likeness (QED) is 0.789. The number of aliphatic hydroxyl groups is 1. The summed E-state index contributed by atoms with van der Waals surface area (Å²) >= 11 is 6.13. The number of rotatable bonds is 5. The molecule has 0 bridgehead atoms. The molecule has 2 aromatic carbocycles. The van der Waals surface area contributed by atoms with E-state index in [1.807, 2.05) is 48.3 Å². The van der Waals surface area contributed by atoms with Crippen molar-refractivity contribution in [2.24, 2.45) is 0 Å². The monoisotopic (exact) mass is 428 g/mol. The standard InChI is InChI=1S/C24H29ClN2O3/c1-26(21(17-6-3-2-4-7-17)16-27-13-12-20(28)15-27)24(29)23-9-5-8-18-14-19(25)10-11-22(18)30-23/h2-4,6-7,10-11,14,20-21,23,28H,5,8-9,12-13,15-16H2,1H3/t20-,21?,23-/m0/s1. The molecule has 6 heteroatoms. The van der Waals surface area contributed by atoms with Crippen LogP contribution in [0.4, 0.5) is 0 Å². The van der Waals surface area contributed by atoms with Crippen LogP contribution in [0.1, 0.15) is 36.4 Å². The smallest absolute Gasteiger partial charge is 0.263 e. The number of aryl methyl sites for hydroxylation is 1. The lowest BCUT2D eigenvalue weighted by atomic mass is 10.0. The Bertz CT molecular complexity index is 876. The molecule has 160 valence electrons. The van der Waals surface area contributed by atoms with Gasteiger partial charge in [0.05, 0.1) is 12.1 Å². The van der Waals surface area contributed by atoms with Crippen LogP contribution in [0.3, 0.4) is 0 Å². The second kappa shape index (κ2) is 9.38. The first-order chi connectivity index (χ1) is 14.5. The largest absolute Gasteiger partial charge is 0.480 e. The highest BCUT2D eigenvalue weighted by atomic mass is 35.5. The number of carbonyl (C=O) groups excluding carboxylic acids is 1. The number of benzene rings is 2. The molecule has 2 aliphatic rings. The van der Waals surface area contributed by atoms with E-state index in [1.165, 1.54) is 0 Å². The average Bonchev–Trinajstić information content (AvgIpc) is 3.05. The van der Waals surface area contributed by atoms with Crippen molar-refractivity contribution >= 4 is 17.5 Å². The Balaban J connectivity index is 1.53. The molecule has 30 heavy (non-hydrogen) atoms. The molecule has 1 unspecified atom stereocenters. The maximum atomic E-state index is 13.5. The van der Waals surface area contributed by atoms with Crippen molar-refractivity contribution in [2.45, 2.75) is 43.9 Å². The predicted molar refractivity (Wildman–Crippen MR) is 118 cm³/mol. The van der Waals surface area contributed by atoms with Crippen molar-refractivity contribution in [1.29, 1.82) is 0 Å². The Labute approximate surface area is 183 Å². The van der Waals surface area contributed by atoms with Crippen LogP contribution in [0.2, 0.25) is 5.02 Å². The molecule has 0 spiro atoms. The van der Waals surface area contributed by atoms with E-state index in [1.54, 1.807) is 0 Å². The van der Waals surface area contributed by atoms with Gasteiger partial charge in [0.1, 0.15) is 5.75 Å². The zero-order valence-corrected chi connectivity index (χ0v) is 18.1. The maximum Gasteiger partial charge on any atom is 0.263 e. The fourth-order valence-corrected chi connectivity index (χ4v) is 4.65. The number of hydrogen-bond donors (Lipinski definition) is 1. The Kier molecular flexibility index (Phi) is 6.61. The number of ether oxygens (including phenoxy) is 1. The molecule has 0 aromatic heterocycles. The summed E-state index contributed by atoms with van der Waals surface area (Å²) in [6, 6.07) is 15.6. The van der Waals surface area contributed by atoms with E-state index in [0.717, 1.165) is 42.7 Å². The zero-order chi connectivity index (χ0) is 21.1. The normalized spacial score (nSPS) is 22.6. The van der Waals surface area contributed by atoms with E-state index in [4.69, 9.17) is 16.3 Å². The van der Waals surface area contributed by atoms with Gasteiger partial charge >= 0.3 is 0 Å². The molecular formula is C24H29ClN2O3. The van der Waals surface area contributed by atoms with Crippen LogP contribution in [0.15, 0.2) is 48.5 Å². The molecule has 0 radical (unpaired) electrons. The average molecular weight is 429 g/mol. The summed E-state index contributed by atoms with van der Waals surface area (Å²) in [5.41, 5.74) is 2.15. The van der Waals surface area contributed by atoms with Gasteiger partial charge in [-0.3, -0.25) is 9.69 Å². The highest BCUT2D eigenvalue weighted by Crippen LogP contribution is 2.31. The van der Waals surface area contributed by atoms with Gasteiger partial charge in [-0.2, -0.15) is 0 Å². The van der Waals surface area contributed by atoms with E-state index in [-0.39, 0.29) is 18.1 Å². The fourth-order valence-electron chi connectivity index (χ4n) is 4.45. The number of nitrogens with zero attached hydrogens (tertiary/aromatic N) is 2. The van der Waals surface area contributed by atoms with Gasteiger partial charge in [0.25, 0.3) is 5.91 Å². The topological polar surface area (TPSA) is 53.0 Å². The summed E-state index contributed by atoms with van der Waals surface area (Å²) in [6.07, 6.45) is 2.41. The van der Waals surface area contributed by atoms with Gasteiger partial charge in [-0.25, -0.2) is 0 Å². The van der Waals surface area contributed by atoms with Gasteiger partial charge in [-0.05, 0) is 55.0 Å². The van der Waals surface area contributed by atoms with E-state index in [2.05, 4.69) is 17.0 Å². The molecule has 2 aliphatic heterocycles. The first-order valence-corrected chi connectivity index (χ1v) is 11.1. The van der Waals surface area contributed by atoms with Crippen molar-refractivity contribution in [2.75, 3.05) is 26.7 Å². The van der Waals surface area contributed by atoms with E-state index in [9.17, 15) is 9.90 Å². The van der Waals surface area contributed by atoms with E-state index < -0.39 is 6.10 Å².